The van der Waals surface area contributed by atoms with Crippen molar-refractivity contribution in [3.63, 3.8) is 0 Å². The largest absolute Gasteiger partial charge is 0.484 e. The molecule has 0 radical (unpaired) electrons. The third-order valence-electron chi connectivity index (χ3n) is 2.73. The predicted molar refractivity (Wildman–Crippen MR) is 86.3 cm³/mol. The van der Waals surface area contributed by atoms with Gasteiger partial charge in [-0.05, 0) is 30.3 Å². The van der Waals surface area contributed by atoms with Gasteiger partial charge < -0.3 is 15.4 Å². The molecule has 2 rings (SSSR count). The minimum atomic E-state index is -0.487. The van der Waals surface area contributed by atoms with Crippen LogP contribution in [-0.2, 0) is 9.59 Å². The fourth-order valence-corrected chi connectivity index (χ4v) is 2.01. The summed E-state index contributed by atoms with van der Waals surface area (Å²) in [4.78, 5) is 22.8. The highest BCUT2D eigenvalue weighted by molar-refractivity contribution is 6.33. The summed E-state index contributed by atoms with van der Waals surface area (Å²) in [5.74, 6) is -0.704. The number of rotatable bonds is 5. The Kier molecular flexibility index (Phi) is 5.54. The SMILES string of the molecule is CC(=O)Nc1cccc(OCC(=O)Nc2ccc(F)cc2Cl)c1. The zero-order chi connectivity index (χ0) is 16.8. The minimum absolute atomic E-state index is 0.103. The van der Waals surface area contributed by atoms with E-state index in [0.29, 0.717) is 17.1 Å². The first-order chi connectivity index (χ1) is 10.9. The van der Waals surface area contributed by atoms with Gasteiger partial charge in [-0.3, -0.25) is 9.59 Å². The number of nitrogens with one attached hydrogen (secondary N) is 2. The first-order valence-corrected chi connectivity index (χ1v) is 7.07. The van der Waals surface area contributed by atoms with Crippen molar-refractivity contribution in [3.05, 3.63) is 53.3 Å². The number of halogens is 2. The van der Waals surface area contributed by atoms with Crippen LogP contribution in [0.2, 0.25) is 5.02 Å². The molecule has 0 saturated heterocycles. The normalized spacial score (nSPS) is 10.0. The molecule has 0 spiro atoms. The maximum absolute atomic E-state index is 12.9. The number of anilines is 2. The van der Waals surface area contributed by atoms with Crippen LogP contribution in [-0.4, -0.2) is 18.4 Å². The van der Waals surface area contributed by atoms with Crippen molar-refractivity contribution in [3.8, 4) is 5.75 Å². The van der Waals surface area contributed by atoms with Crippen LogP contribution in [0.5, 0.6) is 5.75 Å². The average Bonchev–Trinajstić information content (AvgIpc) is 2.48. The van der Waals surface area contributed by atoms with E-state index in [0.717, 1.165) is 6.07 Å². The Bertz CT molecular complexity index is 737. The fraction of sp³-hybridized carbons (Fsp3) is 0.125. The molecule has 0 aliphatic carbocycles. The summed E-state index contributed by atoms with van der Waals surface area (Å²) in [6, 6.07) is 10.3. The van der Waals surface area contributed by atoms with Crippen LogP contribution in [0, 0.1) is 5.82 Å². The van der Waals surface area contributed by atoms with Crippen molar-refractivity contribution in [2.45, 2.75) is 6.92 Å². The zero-order valence-corrected chi connectivity index (χ0v) is 13.0. The molecule has 0 fully saturated rings. The number of carbonyl (C=O) groups excluding carboxylic acids is 2. The Morgan fingerprint density at radius 3 is 2.65 bits per heavy atom. The third-order valence-corrected chi connectivity index (χ3v) is 3.04. The molecule has 0 aromatic heterocycles. The summed E-state index contributed by atoms with van der Waals surface area (Å²) in [6.45, 7) is 1.14. The topological polar surface area (TPSA) is 67.4 Å². The van der Waals surface area contributed by atoms with E-state index in [1.165, 1.54) is 19.1 Å². The lowest BCUT2D eigenvalue weighted by Gasteiger charge is -2.10. The van der Waals surface area contributed by atoms with Gasteiger partial charge in [0.05, 0.1) is 10.7 Å². The van der Waals surface area contributed by atoms with Crippen LogP contribution in [0.3, 0.4) is 0 Å². The minimum Gasteiger partial charge on any atom is -0.484 e. The lowest BCUT2D eigenvalue weighted by atomic mass is 10.3. The Morgan fingerprint density at radius 1 is 1.17 bits per heavy atom. The van der Waals surface area contributed by atoms with E-state index in [1.807, 2.05) is 0 Å². The van der Waals surface area contributed by atoms with Crippen molar-refractivity contribution >= 4 is 34.8 Å². The highest BCUT2D eigenvalue weighted by Crippen LogP contribution is 2.22. The molecule has 0 saturated carbocycles. The summed E-state index contributed by atoms with van der Waals surface area (Å²) in [5, 5.41) is 5.24. The molecule has 2 amide bonds. The number of hydrogen-bond donors (Lipinski definition) is 2. The molecule has 0 atom stereocenters. The van der Waals surface area contributed by atoms with Crippen molar-refractivity contribution < 1.29 is 18.7 Å². The quantitative estimate of drug-likeness (QED) is 0.878. The zero-order valence-electron chi connectivity index (χ0n) is 12.2. The molecule has 0 bridgehead atoms. The van der Waals surface area contributed by atoms with Crippen LogP contribution in [0.4, 0.5) is 15.8 Å². The second kappa shape index (κ2) is 7.60. The highest BCUT2D eigenvalue weighted by Gasteiger charge is 2.08. The van der Waals surface area contributed by atoms with E-state index in [9.17, 15) is 14.0 Å². The van der Waals surface area contributed by atoms with E-state index in [-0.39, 0.29) is 17.5 Å². The van der Waals surface area contributed by atoms with Gasteiger partial charge in [-0.25, -0.2) is 4.39 Å². The molecule has 0 heterocycles. The number of benzene rings is 2. The van der Waals surface area contributed by atoms with Gasteiger partial charge in [0.15, 0.2) is 6.61 Å². The molecule has 0 unspecified atom stereocenters. The smallest absolute Gasteiger partial charge is 0.262 e. The van der Waals surface area contributed by atoms with Gasteiger partial charge >= 0.3 is 0 Å². The Hall–Kier alpha value is -2.60. The molecule has 7 heteroatoms. The van der Waals surface area contributed by atoms with Crippen molar-refractivity contribution in [2.75, 3.05) is 17.2 Å². The molecule has 2 aromatic carbocycles. The Labute approximate surface area is 137 Å². The van der Waals surface area contributed by atoms with Gasteiger partial charge in [-0.1, -0.05) is 17.7 Å². The van der Waals surface area contributed by atoms with Crippen molar-refractivity contribution in [2.24, 2.45) is 0 Å². The second-order valence-electron chi connectivity index (χ2n) is 4.67. The summed E-state index contributed by atoms with van der Waals surface area (Å²) >= 11 is 5.82. The summed E-state index contributed by atoms with van der Waals surface area (Å²) < 4.78 is 18.3. The third kappa shape index (κ3) is 5.27. The van der Waals surface area contributed by atoms with Crippen LogP contribution in [0.25, 0.3) is 0 Å². The van der Waals surface area contributed by atoms with Gasteiger partial charge in [0, 0.05) is 18.7 Å². The van der Waals surface area contributed by atoms with Gasteiger partial charge in [-0.15, -0.1) is 0 Å². The molecular weight excluding hydrogens is 323 g/mol. The first kappa shape index (κ1) is 16.8. The monoisotopic (exact) mass is 336 g/mol. The lowest BCUT2D eigenvalue weighted by Crippen LogP contribution is -2.20. The molecule has 0 aliphatic rings. The molecule has 5 nitrogen and oxygen atoms in total. The molecule has 2 N–H and O–H groups in total. The van der Waals surface area contributed by atoms with Crippen LogP contribution in [0.1, 0.15) is 6.92 Å². The van der Waals surface area contributed by atoms with E-state index < -0.39 is 11.7 Å². The summed E-state index contributed by atoms with van der Waals surface area (Å²) in [5.41, 5.74) is 0.866. The number of hydrogen-bond acceptors (Lipinski definition) is 3. The van der Waals surface area contributed by atoms with Gasteiger partial charge in [0.25, 0.3) is 5.91 Å². The molecular formula is C16H14ClFN2O3. The first-order valence-electron chi connectivity index (χ1n) is 6.69. The molecule has 2 aromatic rings. The summed E-state index contributed by atoms with van der Waals surface area (Å²) in [6.07, 6.45) is 0. The maximum Gasteiger partial charge on any atom is 0.262 e. The van der Waals surface area contributed by atoms with Crippen molar-refractivity contribution in [1.29, 1.82) is 0 Å². The standard InChI is InChI=1S/C16H14ClFN2O3/c1-10(21)19-12-3-2-4-13(8-12)23-9-16(22)20-15-6-5-11(18)7-14(15)17/h2-8H,9H2,1H3,(H,19,21)(H,20,22). The highest BCUT2D eigenvalue weighted by atomic mass is 35.5. The number of amides is 2. The van der Waals surface area contributed by atoms with Crippen LogP contribution in [0.15, 0.2) is 42.5 Å². The van der Waals surface area contributed by atoms with Crippen molar-refractivity contribution in [1.82, 2.24) is 0 Å². The van der Waals surface area contributed by atoms with E-state index >= 15 is 0 Å². The number of carbonyl (C=O) groups is 2. The number of ether oxygens (including phenoxy) is 1. The van der Waals surface area contributed by atoms with Crippen LogP contribution >= 0.6 is 11.6 Å². The second-order valence-corrected chi connectivity index (χ2v) is 5.08. The van der Waals surface area contributed by atoms with E-state index in [2.05, 4.69) is 10.6 Å². The average molecular weight is 337 g/mol. The van der Waals surface area contributed by atoms with Gasteiger partial charge in [-0.2, -0.15) is 0 Å². The fourth-order valence-electron chi connectivity index (χ4n) is 1.79. The van der Waals surface area contributed by atoms with Gasteiger partial charge in [0.1, 0.15) is 11.6 Å². The van der Waals surface area contributed by atoms with E-state index in [4.69, 9.17) is 16.3 Å². The Morgan fingerprint density at radius 2 is 1.96 bits per heavy atom. The summed E-state index contributed by atoms with van der Waals surface area (Å²) in [7, 11) is 0. The van der Waals surface area contributed by atoms with Gasteiger partial charge in [0.2, 0.25) is 5.91 Å². The van der Waals surface area contributed by atoms with E-state index in [1.54, 1.807) is 24.3 Å². The van der Waals surface area contributed by atoms with Crippen LogP contribution < -0.4 is 15.4 Å². The lowest BCUT2D eigenvalue weighted by molar-refractivity contribution is -0.118. The molecule has 120 valence electrons. The Balaban J connectivity index is 1.92. The predicted octanol–water partition coefficient (Wildman–Crippen LogP) is 3.46. The molecule has 0 aliphatic heterocycles. The maximum atomic E-state index is 12.9. The molecule has 23 heavy (non-hydrogen) atoms.